The molecule has 0 aliphatic carbocycles. The fraction of sp³-hybridized carbons (Fsp3) is 0.160. The van der Waals surface area contributed by atoms with Gasteiger partial charge in [-0.05, 0) is 65.7 Å². The molecular formula is C25H24F2N4OS. The zero-order valence-corrected chi connectivity index (χ0v) is 19.6. The van der Waals surface area contributed by atoms with Gasteiger partial charge in [0.1, 0.15) is 22.2 Å². The quantitative estimate of drug-likeness (QED) is 0.379. The molecule has 1 amide bonds. The number of benzene rings is 3. The maximum Gasteiger partial charge on any atom is 0.263 e. The molecule has 0 spiro atoms. The summed E-state index contributed by atoms with van der Waals surface area (Å²) in [4.78, 5) is 15.5. The standard InChI is InChI=1S/C25H24F2N4OS/c1-15-8-9-17(23(28)33-25(29)30(2)3)14-19(15)16-10-12-18(13-11-16)31(4)24(32)22-20(26)6-5-7-21(22)27/h5-14,28-29H,1-4H3. The third kappa shape index (κ3) is 5.28. The van der Waals surface area contributed by atoms with E-state index in [-0.39, 0.29) is 10.2 Å². The Morgan fingerprint density at radius 3 is 2.09 bits per heavy atom. The zero-order valence-electron chi connectivity index (χ0n) is 18.7. The van der Waals surface area contributed by atoms with Crippen LogP contribution < -0.4 is 4.90 Å². The predicted molar refractivity (Wildman–Crippen MR) is 132 cm³/mol. The molecule has 0 saturated heterocycles. The first-order valence-corrected chi connectivity index (χ1v) is 10.9. The molecule has 170 valence electrons. The van der Waals surface area contributed by atoms with Gasteiger partial charge < -0.3 is 9.80 Å². The number of halogens is 2. The van der Waals surface area contributed by atoms with Crippen LogP contribution in [0.4, 0.5) is 14.5 Å². The summed E-state index contributed by atoms with van der Waals surface area (Å²) in [5.41, 5.74) is 3.38. The van der Waals surface area contributed by atoms with Gasteiger partial charge in [-0.1, -0.05) is 30.3 Å². The maximum atomic E-state index is 14.0. The van der Waals surface area contributed by atoms with Crippen LogP contribution in [0.15, 0.2) is 60.7 Å². The van der Waals surface area contributed by atoms with Crippen molar-refractivity contribution in [2.75, 3.05) is 26.0 Å². The number of carbonyl (C=O) groups excluding carboxylic acids is 1. The smallest absolute Gasteiger partial charge is 0.263 e. The number of amides is 1. The molecule has 0 heterocycles. The Labute approximate surface area is 196 Å². The number of anilines is 1. The molecule has 0 bridgehead atoms. The number of hydrogen-bond donors (Lipinski definition) is 2. The molecule has 3 rings (SSSR count). The van der Waals surface area contributed by atoms with Crippen LogP contribution in [-0.2, 0) is 0 Å². The molecule has 0 unspecified atom stereocenters. The van der Waals surface area contributed by atoms with Gasteiger partial charge in [-0.3, -0.25) is 15.6 Å². The molecule has 0 aromatic heterocycles. The van der Waals surface area contributed by atoms with Gasteiger partial charge in [-0.25, -0.2) is 8.78 Å². The van der Waals surface area contributed by atoms with Gasteiger partial charge in [0.2, 0.25) is 0 Å². The van der Waals surface area contributed by atoms with Crippen LogP contribution in [0.2, 0.25) is 0 Å². The summed E-state index contributed by atoms with van der Waals surface area (Å²) in [7, 11) is 4.98. The molecule has 0 radical (unpaired) electrons. The van der Waals surface area contributed by atoms with Crippen LogP contribution in [-0.4, -0.2) is 42.2 Å². The van der Waals surface area contributed by atoms with Crippen molar-refractivity contribution in [3.8, 4) is 11.1 Å². The highest BCUT2D eigenvalue weighted by Crippen LogP contribution is 2.29. The maximum absolute atomic E-state index is 14.0. The molecule has 3 aromatic rings. The van der Waals surface area contributed by atoms with Crippen molar-refractivity contribution in [1.82, 2.24) is 4.90 Å². The van der Waals surface area contributed by atoms with Crippen LogP contribution in [0.25, 0.3) is 11.1 Å². The van der Waals surface area contributed by atoms with Gasteiger partial charge in [-0.15, -0.1) is 0 Å². The van der Waals surface area contributed by atoms with E-state index in [2.05, 4.69) is 0 Å². The summed E-state index contributed by atoms with van der Waals surface area (Å²) in [6.45, 7) is 1.96. The van der Waals surface area contributed by atoms with E-state index in [0.717, 1.165) is 40.6 Å². The van der Waals surface area contributed by atoms with Crippen molar-refractivity contribution < 1.29 is 13.6 Å². The summed E-state index contributed by atoms with van der Waals surface area (Å²) in [5, 5.41) is 16.8. The Morgan fingerprint density at radius 2 is 1.52 bits per heavy atom. The first-order chi connectivity index (χ1) is 15.6. The van der Waals surface area contributed by atoms with Gasteiger partial charge in [0.25, 0.3) is 5.91 Å². The van der Waals surface area contributed by atoms with Crippen LogP contribution in [0.3, 0.4) is 0 Å². The van der Waals surface area contributed by atoms with Crippen LogP contribution >= 0.6 is 11.8 Å². The monoisotopic (exact) mass is 466 g/mol. The molecule has 33 heavy (non-hydrogen) atoms. The van der Waals surface area contributed by atoms with E-state index in [0.29, 0.717) is 11.3 Å². The Morgan fingerprint density at radius 1 is 0.909 bits per heavy atom. The van der Waals surface area contributed by atoms with Crippen LogP contribution in [0.1, 0.15) is 21.5 Å². The highest BCUT2D eigenvalue weighted by atomic mass is 32.2. The van der Waals surface area contributed by atoms with E-state index in [9.17, 15) is 13.6 Å². The largest absolute Gasteiger partial charge is 0.357 e. The normalized spacial score (nSPS) is 10.6. The number of nitrogens with zero attached hydrogens (tertiary/aromatic N) is 2. The number of rotatable bonds is 4. The van der Waals surface area contributed by atoms with Crippen molar-refractivity contribution in [1.29, 1.82) is 10.8 Å². The lowest BCUT2D eigenvalue weighted by atomic mass is 9.98. The summed E-state index contributed by atoms with van der Waals surface area (Å²) in [6, 6.07) is 16.0. The second-order valence-electron chi connectivity index (χ2n) is 7.67. The van der Waals surface area contributed by atoms with Crippen molar-refractivity contribution in [2.24, 2.45) is 0 Å². The van der Waals surface area contributed by atoms with Crippen molar-refractivity contribution in [3.05, 3.63) is 89.0 Å². The van der Waals surface area contributed by atoms with Gasteiger partial charge in [0.05, 0.1) is 0 Å². The van der Waals surface area contributed by atoms with Gasteiger partial charge in [-0.2, -0.15) is 0 Å². The van der Waals surface area contributed by atoms with Crippen molar-refractivity contribution >= 4 is 33.6 Å². The number of hydrogen-bond acceptors (Lipinski definition) is 4. The van der Waals surface area contributed by atoms with Gasteiger partial charge >= 0.3 is 0 Å². The number of nitrogens with one attached hydrogen (secondary N) is 2. The summed E-state index contributed by atoms with van der Waals surface area (Å²) < 4.78 is 28.0. The molecular weight excluding hydrogens is 442 g/mol. The Balaban J connectivity index is 1.86. The third-order valence-electron chi connectivity index (χ3n) is 5.15. The molecule has 5 nitrogen and oxygen atoms in total. The number of carbonyl (C=O) groups is 1. The predicted octanol–water partition coefficient (Wildman–Crippen LogP) is 5.77. The Hall–Kier alpha value is -3.52. The minimum Gasteiger partial charge on any atom is -0.357 e. The number of amidine groups is 1. The Kier molecular flexibility index (Phi) is 7.28. The van der Waals surface area contributed by atoms with E-state index < -0.39 is 23.1 Å². The average Bonchev–Trinajstić information content (AvgIpc) is 2.78. The molecule has 0 atom stereocenters. The lowest BCUT2D eigenvalue weighted by Crippen LogP contribution is -2.28. The highest BCUT2D eigenvalue weighted by molar-refractivity contribution is 8.26. The van der Waals surface area contributed by atoms with E-state index >= 15 is 0 Å². The zero-order chi connectivity index (χ0) is 24.3. The molecule has 8 heteroatoms. The minimum atomic E-state index is -0.904. The van der Waals surface area contributed by atoms with Crippen LogP contribution in [0, 0.1) is 29.4 Å². The van der Waals surface area contributed by atoms with Gasteiger partial charge in [0, 0.05) is 32.4 Å². The molecule has 2 N–H and O–H groups in total. The highest BCUT2D eigenvalue weighted by Gasteiger charge is 2.21. The van der Waals surface area contributed by atoms with E-state index in [1.807, 2.05) is 37.3 Å². The lowest BCUT2D eigenvalue weighted by molar-refractivity contribution is 0.0985. The van der Waals surface area contributed by atoms with Crippen molar-refractivity contribution in [2.45, 2.75) is 6.92 Å². The third-order valence-corrected chi connectivity index (χ3v) is 6.15. The first-order valence-electron chi connectivity index (χ1n) is 10.1. The second-order valence-corrected chi connectivity index (χ2v) is 8.67. The fourth-order valence-corrected chi connectivity index (χ4v) is 3.79. The average molecular weight is 467 g/mol. The Bertz CT molecular complexity index is 1210. The second kappa shape index (κ2) is 9.95. The molecule has 0 saturated carbocycles. The van der Waals surface area contributed by atoms with Gasteiger partial charge in [0.15, 0.2) is 5.17 Å². The molecule has 0 fully saturated rings. The van der Waals surface area contributed by atoms with E-state index in [1.54, 1.807) is 31.1 Å². The summed E-state index contributed by atoms with van der Waals surface area (Å²) in [6.07, 6.45) is 0. The molecule has 0 aliphatic rings. The van der Waals surface area contributed by atoms with E-state index in [4.69, 9.17) is 10.8 Å². The minimum absolute atomic E-state index is 0.267. The summed E-state index contributed by atoms with van der Waals surface area (Å²) >= 11 is 1.07. The number of aryl methyl sites for hydroxylation is 1. The molecule has 3 aromatic carbocycles. The van der Waals surface area contributed by atoms with Crippen molar-refractivity contribution in [3.63, 3.8) is 0 Å². The topological polar surface area (TPSA) is 71.2 Å². The van der Waals surface area contributed by atoms with E-state index in [1.165, 1.54) is 18.0 Å². The number of thioether (sulfide) groups is 1. The summed E-state index contributed by atoms with van der Waals surface area (Å²) in [5.74, 6) is -2.58. The lowest BCUT2D eigenvalue weighted by Gasteiger charge is -2.19. The SMILES string of the molecule is Cc1ccc(C(=N)SC(=N)N(C)C)cc1-c1ccc(N(C)C(=O)c2c(F)cccc2F)cc1. The molecule has 0 aliphatic heterocycles. The van der Waals surface area contributed by atoms with Crippen LogP contribution in [0.5, 0.6) is 0 Å². The fourth-order valence-electron chi connectivity index (χ4n) is 3.17. The first kappa shape index (κ1) is 24.1.